The van der Waals surface area contributed by atoms with Crippen molar-refractivity contribution in [2.45, 2.75) is 289 Å². The van der Waals surface area contributed by atoms with Gasteiger partial charge in [0, 0.05) is 12.8 Å². The second kappa shape index (κ2) is 56.2. The van der Waals surface area contributed by atoms with Crippen molar-refractivity contribution in [1.82, 2.24) is 0 Å². The van der Waals surface area contributed by atoms with Crippen molar-refractivity contribution < 1.29 is 42.9 Å². The number of carboxylic acid groups (broad SMARTS) is 1. The lowest BCUT2D eigenvalue weighted by atomic mass is 10.0. The average molecular weight is 1040 g/mol. The van der Waals surface area contributed by atoms with Crippen LogP contribution in [0.2, 0.25) is 0 Å². The Kier molecular flexibility index (Phi) is 53.9. The molecule has 2 atom stereocenters. The van der Waals surface area contributed by atoms with Crippen LogP contribution in [0.1, 0.15) is 277 Å². The van der Waals surface area contributed by atoms with Gasteiger partial charge in [0.15, 0.2) is 6.10 Å². The van der Waals surface area contributed by atoms with Crippen molar-refractivity contribution in [1.29, 1.82) is 0 Å². The molecule has 74 heavy (non-hydrogen) atoms. The molecule has 0 saturated heterocycles. The zero-order valence-corrected chi connectivity index (χ0v) is 49.0. The van der Waals surface area contributed by atoms with E-state index in [-0.39, 0.29) is 32.2 Å². The number of allylic oxidation sites excluding steroid dienone is 10. The fraction of sp³-hybridized carbons (Fsp3) is 0.800. The maximum atomic E-state index is 12.8. The number of quaternary nitrogens is 1. The van der Waals surface area contributed by atoms with E-state index < -0.39 is 24.3 Å². The molecule has 9 nitrogen and oxygen atoms in total. The highest BCUT2D eigenvalue weighted by Crippen LogP contribution is 2.18. The summed E-state index contributed by atoms with van der Waals surface area (Å²) in [5.41, 5.74) is 0. The highest BCUT2D eigenvalue weighted by Gasteiger charge is 2.25. The smallest absolute Gasteiger partial charge is 0.361 e. The van der Waals surface area contributed by atoms with Crippen LogP contribution in [0, 0.1) is 0 Å². The Morgan fingerprint density at radius 2 is 0.770 bits per heavy atom. The van der Waals surface area contributed by atoms with Crippen LogP contribution in [-0.4, -0.2) is 87.4 Å². The zero-order valence-electron chi connectivity index (χ0n) is 49.0. The van der Waals surface area contributed by atoms with Crippen LogP contribution >= 0.6 is 0 Å². The third-order valence-electron chi connectivity index (χ3n) is 13.5. The standard InChI is InChI=1S/C65H117NO8/c1-6-8-10-12-14-16-18-20-22-24-25-26-27-28-29-30-31-32-33-34-35-36-37-38-40-41-43-45-47-49-51-53-55-62(67)72-59-61(60-73-65(64(69)70)71-58-57-66(3,4)5)74-63(68)56-54-52-50-48-46-44-42-39-23-21-19-17-15-13-11-9-7-2/h9,11,15,17,21,23,42,44,48,50,61,65H,6-8,10,12-14,16,18-20,22,24-41,43,45-47,49,51-60H2,1-5H3/p+1/b11-9-,17-15-,23-21-,44-42-,50-48-. The second-order valence-corrected chi connectivity index (χ2v) is 22.0. The van der Waals surface area contributed by atoms with E-state index in [9.17, 15) is 19.5 Å². The zero-order chi connectivity index (χ0) is 54.1. The lowest BCUT2D eigenvalue weighted by Crippen LogP contribution is -2.40. The molecular weight excluding hydrogens is 923 g/mol. The molecule has 0 rings (SSSR count). The number of aliphatic carboxylic acids is 1. The summed E-state index contributed by atoms with van der Waals surface area (Å²) < 4.78 is 22.8. The molecule has 0 amide bonds. The number of carbonyl (C=O) groups excluding carboxylic acids is 2. The molecule has 0 aliphatic heterocycles. The molecule has 9 heteroatoms. The summed E-state index contributed by atoms with van der Waals surface area (Å²) >= 11 is 0. The summed E-state index contributed by atoms with van der Waals surface area (Å²) in [6.07, 6.45) is 69.2. The van der Waals surface area contributed by atoms with Gasteiger partial charge in [-0.1, -0.05) is 274 Å². The highest BCUT2D eigenvalue weighted by molar-refractivity contribution is 5.71. The number of nitrogens with zero attached hydrogens (tertiary/aromatic N) is 1. The number of likely N-dealkylation sites (N-methyl/N-ethyl adjacent to an activating group) is 1. The first-order valence-electron chi connectivity index (χ1n) is 31.0. The number of hydrogen-bond donors (Lipinski definition) is 1. The maximum Gasteiger partial charge on any atom is 0.361 e. The molecule has 2 unspecified atom stereocenters. The molecule has 0 aliphatic carbocycles. The summed E-state index contributed by atoms with van der Waals surface area (Å²) in [5.74, 6) is -2.08. The quantitative estimate of drug-likeness (QED) is 0.0211. The Balaban J connectivity index is 4.11. The van der Waals surface area contributed by atoms with E-state index in [1.165, 1.54) is 186 Å². The van der Waals surface area contributed by atoms with Crippen LogP contribution in [-0.2, 0) is 33.3 Å². The molecule has 0 bridgehead atoms. The van der Waals surface area contributed by atoms with E-state index in [0.717, 1.165) is 57.8 Å². The highest BCUT2D eigenvalue weighted by atomic mass is 16.7. The number of unbranched alkanes of at least 4 members (excludes halogenated alkanes) is 32. The molecule has 0 aromatic carbocycles. The fourth-order valence-corrected chi connectivity index (χ4v) is 8.82. The molecular formula is C65H118NO8+. The maximum absolute atomic E-state index is 12.8. The van der Waals surface area contributed by atoms with Crippen LogP contribution in [0.15, 0.2) is 60.8 Å². The van der Waals surface area contributed by atoms with Crippen molar-refractivity contribution in [3.63, 3.8) is 0 Å². The largest absolute Gasteiger partial charge is 0.477 e. The first kappa shape index (κ1) is 71.0. The van der Waals surface area contributed by atoms with Crippen molar-refractivity contribution in [2.24, 2.45) is 0 Å². The molecule has 0 aliphatic rings. The molecule has 1 N–H and O–H groups in total. The summed E-state index contributed by atoms with van der Waals surface area (Å²) in [6, 6.07) is 0. The van der Waals surface area contributed by atoms with Gasteiger partial charge in [0.25, 0.3) is 6.29 Å². The van der Waals surface area contributed by atoms with Gasteiger partial charge >= 0.3 is 17.9 Å². The van der Waals surface area contributed by atoms with Crippen LogP contribution in [0.25, 0.3) is 0 Å². The third-order valence-corrected chi connectivity index (χ3v) is 13.5. The Hall–Kier alpha value is -3.01. The first-order chi connectivity index (χ1) is 36.1. The molecule has 0 heterocycles. The monoisotopic (exact) mass is 1040 g/mol. The number of rotatable bonds is 57. The van der Waals surface area contributed by atoms with Crippen LogP contribution in [0.5, 0.6) is 0 Å². The lowest BCUT2D eigenvalue weighted by Gasteiger charge is -2.25. The summed E-state index contributed by atoms with van der Waals surface area (Å²) in [7, 11) is 5.95. The van der Waals surface area contributed by atoms with E-state index in [0.29, 0.717) is 23.9 Å². The number of carbonyl (C=O) groups is 3. The van der Waals surface area contributed by atoms with Crippen molar-refractivity contribution in [2.75, 3.05) is 47.5 Å². The van der Waals surface area contributed by atoms with E-state index in [2.05, 4.69) is 74.6 Å². The van der Waals surface area contributed by atoms with Gasteiger partial charge in [-0.25, -0.2) is 4.79 Å². The number of ether oxygens (including phenoxy) is 4. The van der Waals surface area contributed by atoms with Gasteiger partial charge in [0.2, 0.25) is 0 Å². The van der Waals surface area contributed by atoms with E-state index in [4.69, 9.17) is 18.9 Å². The van der Waals surface area contributed by atoms with Crippen LogP contribution < -0.4 is 0 Å². The minimum Gasteiger partial charge on any atom is -0.477 e. The molecule has 0 spiro atoms. The number of carboxylic acids is 1. The van der Waals surface area contributed by atoms with E-state index >= 15 is 0 Å². The van der Waals surface area contributed by atoms with Crippen molar-refractivity contribution in [3.05, 3.63) is 60.8 Å². The van der Waals surface area contributed by atoms with Gasteiger partial charge in [-0.05, 0) is 51.4 Å². The van der Waals surface area contributed by atoms with Gasteiger partial charge < -0.3 is 28.5 Å². The van der Waals surface area contributed by atoms with Gasteiger partial charge in [-0.3, -0.25) is 9.59 Å². The molecule has 0 aromatic heterocycles. The number of esters is 2. The SMILES string of the molecule is CC/C=C\C/C=C\C/C=C\C/C=C\C/C=C\CCCC(=O)OC(COC(=O)CCCCCCCCCCCCCCCCCCCCCCCCCCCCCCCCCC)COC(OCC[N+](C)(C)C)C(=O)O. The van der Waals surface area contributed by atoms with Gasteiger partial charge in [-0.15, -0.1) is 0 Å². The molecule has 0 saturated carbocycles. The lowest BCUT2D eigenvalue weighted by molar-refractivity contribution is -0.870. The summed E-state index contributed by atoms with van der Waals surface area (Å²) in [4.78, 5) is 37.4. The Bertz CT molecular complexity index is 1400. The predicted octanol–water partition coefficient (Wildman–Crippen LogP) is 18.4. The molecule has 430 valence electrons. The van der Waals surface area contributed by atoms with Gasteiger partial charge in [0.05, 0.1) is 34.4 Å². The van der Waals surface area contributed by atoms with Gasteiger partial charge in [-0.2, -0.15) is 0 Å². The van der Waals surface area contributed by atoms with Crippen LogP contribution in [0.3, 0.4) is 0 Å². The van der Waals surface area contributed by atoms with E-state index in [1.807, 2.05) is 21.1 Å². The minimum absolute atomic E-state index is 0.176. The molecule has 0 aromatic rings. The predicted molar refractivity (Wildman–Crippen MR) is 313 cm³/mol. The Morgan fingerprint density at radius 1 is 0.419 bits per heavy atom. The first-order valence-corrected chi connectivity index (χ1v) is 31.0. The molecule has 0 fully saturated rings. The minimum atomic E-state index is -1.53. The number of hydrogen-bond acceptors (Lipinski definition) is 7. The third kappa shape index (κ3) is 56.7. The van der Waals surface area contributed by atoms with E-state index in [1.54, 1.807) is 0 Å². The van der Waals surface area contributed by atoms with Crippen LogP contribution in [0.4, 0.5) is 0 Å². The second-order valence-electron chi connectivity index (χ2n) is 22.0. The average Bonchev–Trinajstić information content (AvgIpc) is 3.37. The summed E-state index contributed by atoms with van der Waals surface area (Å²) in [5, 5.41) is 9.69. The Labute approximate surface area is 456 Å². The summed E-state index contributed by atoms with van der Waals surface area (Å²) in [6.45, 7) is 4.73. The topological polar surface area (TPSA) is 108 Å². The normalized spacial score (nSPS) is 13.1. The fourth-order valence-electron chi connectivity index (χ4n) is 8.82. The molecule has 0 radical (unpaired) electrons. The van der Waals surface area contributed by atoms with Crippen molar-refractivity contribution in [3.8, 4) is 0 Å². The Morgan fingerprint density at radius 3 is 1.14 bits per heavy atom. The van der Waals surface area contributed by atoms with Crippen molar-refractivity contribution >= 4 is 17.9 Å². The van der Waals surface area contributed by atoms with Gasteiger partial charge in [0.1, 0.15) is 13.2 Å².